The Morgan fingerprint density at radius 3 is 2.61 bits per heavy atom. The van der Waals surface area contributed by atoms with Crippen molar-refractivity contribution in [2.45, 2.75) is 32.0 Å². The average molecular weight is 539 g/mol. The first-order valence-corrected chi connectivity index (χ1v) is 12.0. The molecule has 1 aromatic carbocycles. The number of halogens is 1. The van der Waals surface area contributed by atoms with Gasteiger partial charge < -0.3 is 25.4 Å². The van der Waals surface area contributed by atoms with Crippen molar-refractivity contribution in [2.24, 2.45) is 5.92 Å². The summed E-state index contributed by atoms with van der Waals surface area (Å²) in [5.74, 6) is -3.56. The molecule has 3 rings (SSSR count). The van der Waals surface area contributed by atoms with E-state index in [1.165, 1.54) is 28.4 Å². The largest absolute Gasteiger partial charge is 0.480 e. The van der Waals surface area contributed by atoms with Gasteiger partial charge in [0.15, 0.2) is 12.4 Å². The molecule has 3 N–H and O–H groups in total. The molecule has 0 aliphatic carbocycles. The quantitative estimate of drug-likeness (QED) is 0.221. The van der Waals surface area contributed by atoms with E-state index in [0.29, 0.717) is 4.88 Å². The van der Waals surface area contributed by atoms with Gasteiger partial charge in [0.25, 0.3) is 5.91 Å². The second-order valence-electron chi connectivity index (χ2n) is 8.25. The van der Waals surface area contributed by atoms with Crippen LogP contribution in [-0.4, -0.2) is 63.9 Å². The van der Waals surface area contributed by atoms with E-state index in [2.05, 4.69) is 10.6 Å². The lowest BCUT2D eigenvalue weighted by molar-refractivity contribution is -0.385. The van der Waals surface area contributed by atoms with Gasteiger partial charge in [0.05, 0.1) is 11.5 Å². The maximum Gasteiger partial charge on any atom is 0.326 e. The fraction of sp³-hybridized carbons (Fsp3) is 0.364. The van der Waals surface area contributed by atoms with E-state index in [4.69, 9.17) is 16.3 Å². The molecule has 0 saturated carbocycles. The summed E-state index contributed by atoms with van der Waals surface area (Å²) in [5.41, 5.74) is -0.419. The van der Waals surface area contributed by atoms with E-state index >= 15 is 0 Å². The summed E-state index contributed by atoms with van der Waals surface area (Å²) < 4.78 is 5.27. The van der Waals surface area contributed by atoms with Crippen LogP contribution in [0.4, 0.5) is 5.69 Å². The number of hydrogen-bond donors (Lipinski definition) is 3. The fourth-order valence-electron chi connectivity index (χ4n) is 3.67. The predicted molar refractivity (Wildman–Crippen MR) is 129 cm³/mol. The van der Waals surface area contributed by atoms with E-state index in [0.717, 1.165) is 6.07 Å². The molecular weight excluding hydrogens is 516 g/mol. The highest BCUT2D eigenvalue weighted by molar-refractivity contribution is 7.10. The molecule has 0 bridgehead atoms. The number of nitrogens with one attached hydrogen (secondary N) is 2. The second kappa shape index (κ2) is 11.4. The molecule has 192 valence electrons. The molecular formula is C22H23ClN4O8S. The zero-order chi connectivity index (χ0) is 26.6. The van der Waals surface area contributed by atoms with Crippen LogP contribution >= 0.6 is 22.9 Å². The smallest absolute Gasteiger partial charge is 0.326 e. The van der Waals surface area contributed by atoms with Crippen LogP contribution in [0.3, 0.4) is 0 Å². The van der Waals surface area contributed by atoms with Gasteiger partial charge in [-0.1, -0.05) is 31.5 Å². The van der Waals surface area contributed by atoms with Crippen molar-refractivity contribution in [1.29, 1.82) is 0 Å². The molecule has 0 spiro atoms. The SMILES string of the molecule is CC(C)C(C(=O)O)N1CC(NC(=O)C(NC(=O)COc2ccc(Cl)cc2[N+](=O)[O-])c2cccs2)C1=O. The number of β-lactam (4-membered cyclic amide) rings is 1. The Bertz CT molecular complexity index is 1170. The first kappa shape index (κ1) is 26.9. The van der Waals surface area contributed by atoms with E-state index in [9.17, 15) is 34.4 Å². The topological polar surface area (TPSA) is 168 Å². The van der Waals surface area contributed by atoms with Crippen LogP contribution in [-0.2, 0) is 19.2 Å². The van der Waals surface area contributed by atoms with Gasteiger partial charge >= 0.3 is 11.7 Å². The van der Waals surface area contributed by atoms with Gasteiger partial charge in [-0.2, -0.15) is 0 Å². The van der Waals surface area contributed by atoms with E-state index in [-0.39, 0.29) is 23.2 Å². The molecule has 2 heterocycles. The first-order valence-electron chi connectivity index (χ1n) is 10.7. The summed E-state index contributed by atoms with van der Waals surface area (Å²) >= 11 is 6.97. The third-order valence-electron chi connectivity index (χ3n) is 5.37. The number of rotatable bonds is 11. The number of carboxylic acid groups (broad SMARTS) is 1. The van der Waals surface area contributed by atoms with Gasteiger partial charge in [0.1, 0.15) is 18.1 Å². The van der Waals surface area contributed by atoms with Crippen LogP contribution in [0.5, 0.6) is 5.75 Å². The highest BCUT2D eigenvalue weighted by Crippen LogP contribution is 2.30. The molecule has 3 amide bonds. The number of likely N-dealkylation sites (tertiary alicyclic amines) is 1. The Morgan fingerprint density at radius 1 is 1.33 bits per heavy atom. The molecule has 2 aromatic rings. The Hall–Kier alpha value is -3.71. The predicted octanol–water partition coefficient (Wildman–Crippen LogP) is 1.98. The number of nitro groups is 1. The summed E-state index contributed by atoms with van der Waals surface area (Å²) in [6.07, 6.45) is 0. The molecule has 1 aliphatic rings. The number of hydrogen-bond acceptors (Lipinski definition) is 8. The van der Waals surface area contributed by atoms with E-state index in [1.807, 2.05) is 0 Å². The summed E-state index contributed by atoms with van der Waals surface area (Å²) in [6, 6.07) is 3.92. The van der Waals surface area contributed by atoms with Crippen LogP contribution in [0.1, 0.15) is 24.8 Å². The first-order chi connectivity index (χ1) is 17.0. The average Bonchev–Trinajstić information content (AvgIpc) is 3.34. The van der Waals surface area contributed by atoms with Gasteiger partial charge in [0, 0.05) is 16.0 Å². The standard InChI is InChI=1S/C22H23ClN4O8S/c1-11(2)19(22(31)32)26-9-13(21(26)30)24-20(29)18(16-4-3-7-36-16)25-17(28)10-35-15-6-5-12(23)8-14(15)27(33)34/h3-8,11,13,18-19H,9-10H2,1-2H3,(H,24,29)(H,25,28)(H,31,32). The lowest BCUT2D eigenvalue weighted by Crippen LogP contribution is -2.69. The van der Waals surface area contributed by atoms with Crippen LogP contribution in [0.15, 0.2) is 35.7 Å². The Labute approximate surface area is 214 Å². The summed E-state index contributed by atoms with van der Waals surface area (Å²) in [6.45, 7) is 2.76. The normalized spacial score (nSPS) is 16.6. The molecule has 3 unspecified atom stereocenters. The zero-order valence-electron chi connectivity index (χ0n) is 19.2. The number of aliphatic carboxylic acids is 1. The van der Waals surface area contributed by atoms with Crippen molar-refractivity contribution >= 4 is 52.3 Å². The maximum absolute atomic E-state index is 13.0. The molecule has 1 fully saturated rings. The molecule has 0 radical (unpaired) electrons. The van der Waals surface area contributed by atoms with Crippen LogP contribution in [0.25, 0.3) is 0 Å². The van der Waals surface area contributed by atoms with Gasteiger partial charge in [-0.15, -0.1) is 11.3 Å². The molecule has 36 heavy (non-hydrogen) atoms. The van der Waals surface area contributed by atoms with Crippen LogP contribution in [0, 0.1) is 16.0 Å². The number of thiophene rings is 1. The molecule has 3 atom stereocenters. The van der Waals surface area contributed by atoms with E-state index < -0.39 is 59.0 Å². The van der Waals surface area contributed by atoms with Crippen molar-refractivity contribution in [3.8, 4) is 5.75 Å². The number of carboxylic acids is 1. The summed E-state index contributed by atoms with van der Waals surface area (Å²) in [7, 11) is 0. The van der Waals surface area contributed by atoms with Crippen LogP contribution < -0.4 is 15.4 Å². The Morgan fingerprint density at radius 2 is 2.06 bits per heavy atom. The van der Waals surface area contributed by atoms with E-state index in [1.54, 1.807) is 31.4 Å². The summed E-state index contributed by atoms with van der Waals surface area (Å²) in [5, 5.41) is 27.5. The number of amides is 3. The van der Waals surface area contributed by atoms with Crippen molar-refractivity contribution in [1.82, 2.24) is 15.5 Å². The van der Waals surface area contributed by atoms with Crippen molar-refractivity contribution < 1.29 is 33.9 Å². The minimum absolute atomic E-state index is 0.0220. The van der Waals surface area contributed by atoms with Gasteiger partial charge in [-0.05, 0) is 29.5 Å². The maximum atomic E-state index is 13.0. The highest BCUT2D eigenvalue weighted by Gasteiger charge is 2.46. The van der Waals surface area contributed by atoms with Gasteiger partial charge in [-0.25, -0.2) is 4.79 Å². The lowest BCUT2D eigenvalue weighted by atomic mass is 9.96. The number of nitrogens with zero attached hydrogens (tertiary/aromatic N) is 2. The number of benzene rings is 1. The highest BCUT2D eigenvalue weighted by atomic mass is 35.5. The molecule has 1 aromatic heterocycles. The minimum Gasteiger partial charge on any atom is -0.480 e. The molecule has 1 saturated heterocycles. The number of ether oxygens (including phenoxy) is 1. The van der Waals surface area contributed by atoms with Gasteiger partial charge in [-0.3, -0.25) is 24.5 Å². The minimum atomic E-state index is -1.16. The van der Waals surface area contributed by atoms with Crippen LogP contribution in [0.2, 0.25) is 5.02 Å². The fourth-order valence-corrected chi connectivity index (χ4v) is 4.61. The monoisotopic (exact) mass is 538 g/mol. The molecule has 1 aliphatic heterocycles. The third-order valence-corrected chi connectivity index (χ3v) is 6.54. The van der Waals surface area contributed by atoms with Crippen molar-refractivity contribution in [2.75, 3.05) is 13.2 Å². The Kier molecular flexibility index (Phi) is 8.48. The number of carbonyl (C=O) groups is 4. The lowest BCUT2D eigenvalue weighted by Gasteiger charge is -2.43. The summed E-state index contributed by atoms with van der Waals surface area (Å²) in [4.78, 5) is 61.7. The number of carbonyl (C=O) groups excluding carboxylic acids is 3. The third kappa shape index (κ3) is 6.10. The van der Waals surface area contributed by atoms with Crippen molar-refractivity contribution in [3.63, 3.8) is 0 Å². The molecule has 14 heteroatoms. The second-order valence-corrected chi connectivity index (χ2v) is 9.67. The van der Waals surface area contributed by atoms with Gasteiger partial charge in [0.2, 0.25) is 11.8 Å². The zero-order valence-corrected chi connectivity index (χ0v) is 20.7. The Balaban J connectivity index is 1.64. The number of nitro benzene ring substituents is 1. The molecule has 12 nitrogen and oxygen atoms in total. The van der Waals surface area contributed by atoms with Crippen molar-refractivity contribution in [3.05, 3.63) is 55.7 Å².